The number of ether oxygens (including phenoxy) is 1. The van der Waals surface area contributed by atoms with E-state index in [0.717, 1.165) is 7.11 Å². The van der Waals surface area contributed by atoms with Crippen LogP contribution in [-0.2, 0) is 9.53 Å². The lowest BCUT2D eigenvalue weighted by Gasteiger charge is -2.09. The summed E-state index contributed by atoms with van der Waals surface area (Å²) in [5.41, 5.74) is -1.15. The van der Waals surface area contributed by atoms with Crippen molar-refractivity contribution in [1.82, 2.24) is 0 Å². The molecule has 0 bridgehead atoms. The average molecular weight is 280 g/mol. The Hall–Kier alpha value is -1.56. The normalized spacial score (nSPS) is 12.4. The summed E-state index contributed by atoms with van der Waals surface area (Å²) < 4.78 is 42.0. The summed E-state index contributed by atoms with van der Waals surface area (Å²) in [6, 6.07) is 5.47. The van der Waals surface area contributed by atoms with Crippen LogP contribution in [0.15, 0.2) is 29.3 Å². The van der Waals surface area contributed by atoms with Crippen molar-refractivity contribution in [3.8, 4) is 0 Å². The lowest BCUT2D eigenvalue weighted by Crippen LogP contribution is -2.26. The lowest BCUT2D eigenvalue weighted by molar-refractivity contribution is -0.140. The molecule has 0 saturated heterocycles. The predicted molar refractivity (Wildman–Crippen MR) is 61.2 cm³/mol. The Morgan fingerprint density at radius 2 is 1.89 bits per heavy atom. The third-order valence-corrected chi connectivity index (χ3v) is 2.21. The van der Waals surface area contributed by atoms with Crippen LogP contribution >= 0.6 is 11.6 Å². The number of alkyl halides is 3. The Morgan fingerprint density at radius 3 is 2.33 bits per heavy atom. The number of hydrogen-bond acceptors (Lipinski definition) is 3. The third-order valence-electron chi connectivity index (χ3n) is 1.96. The van der Waals surface area contributed by atoms with E-state index in [1.54, 1.807) is 0 Å². The van der Waals surface area contributed by atoms with Crippen LogP contribution in [0.3, 0.4) is 0 Å². The first-order valence-corrected chi connectivity index (χ1v) is 5.18. The van der Waals surface area contributed by atoms with Gasteiger partial charge in [0.15, 0.2) is 0 Å². The van der Waals surface area contributed by atoms with Gasteiger partial charge in [-0.25, -0.2) is 4.99 Å². The minimum atomic E-state index is -4.69. The van der Waals surface area contributed by atoms with Gasteiger partial charge in [0.05, 0.1) is 19.2 Å². The van der Waals surface area contributed by atoms with Gasteiger partial charge in [0.1, 0.15) is 5.71 Å². The van der Waals surface area contributed by atoms with Crippen LogP contribution in [0.25, 0.3) is 0 Å². The van der Waals surface area contributed by atoms with E-state index in [0.29, 0.717) is 5.02 Å². The van der Waals surface area contributed by atoms with Crippen molar-refractivity contribution < 1.29 is 22.7 Å². The molecule has 0 N–H and O–H groups in total. The van der Waals surface area contributed by atoms with Crippen molar-refractivity contribution in [2.45, 2.75) is 12.6 Å². The van der Waals surface area contributed by atoms with Crippen LogP contribution in [0.5, 0.6) is 0 Å². The van der Waals surface area contributed by atoms with Gasteiger partial charge in [-0.2, -0.15) is 13.2 Å². The maximum atomic E-state index is 12.6. The zero-order valence-electron chi connectivity index (χ0n) is 9.29. The topological polar surface area (TPSA) is 38.7 Å². The first-order chi connectivity index (χ1) is 8.32. The quantitative estimate of drug-likeness (QED) is 0.627. The summed E-state index contributed by atoms with van der Waals surface area (Å²) in [7, 11) is 1.01. The molecule has 1 aromatic rings. The van der Waals surface area contributed by atoms with Gasteiger partial charge in [0.25, 0.3) is 0 Å². The predicted octanol–water partition coefficient (Wildman–Crippen LogP) is 3.54. The van der Waals surface area contributed by atoms with Crippen LogP contribution in [0, 0.1) is 0 Å². The van der Waals surface area contributed by atoms with Gasteiger partial charge in [-0.05, 0) is 24.3 Å². The SMILES string of the molecule is COC(=O)CC(=Nc1ccc(Cl)cc1)C(F)(F)F. The summed E-state index contributed by atoms with van der Waals surface area (Å²) in [6.45, 7) is 0. The van der Waals surface area contributed by atoms with Gasteiger partial charge in [0, 0.05) is 5.02 Å². The number of aliphatic imine (C=N–C) groups is 1. The highest BCUT2D eigenvalue weighted by atomic mass is 35.5. The van der Waals surface area contributed by atoms with Crippen LogP contribution in [0.1, 0.15) is 6.42 Å². The number of carbonyl (C=O) groups is 1. The molecule has 0 aromatic heterocycles. The largest absolute Gasteiger partial charge is 0.469 e. The maximum absolute atomic E-state index is 12.6. The van der Waals surface area contributed by atoms with Gasteiger partial charge in [-0.15, -0.1) is 0 Å². The van der Waals surface area contributed by atoms with Crippen molar-refractivity contribution in [2.75, 3.05) is 7.11 Å². The highest BCUT2D eigenvalue weighted by Crippen LogP contribution is 2.24. The molecule has 0 aliphatic heterocycles. The molecule has 0 amide bonds. The van der Waals surface area contributed by atoms with E-state index >= 15 is 0 Å². The standard InChI is InChI=1S/C11H9ClF3NO2/c1-18-10(17)6-9(11(13,14)15)16-8-4-2-7(12)3-5-8/h2-5H,6H2,1H3. The van der Waals surface area contributed by atoms with Crippen molar-refractivity contribution in [2.24, 2.45) is 4.99 Å². The number of hydrogen-bond donors (Lipinski definition) is 0. The molecule has 0 aliphatic carbocycles. The molecule has 0 saturated carbocycles. The van der Waals surface area contributed by atoms with E-state index in [1.165, 1.54) is 24.3 Å². The molecule has 0 radical (unpaired) electrons. The van der Waals surface area contributed by atoms with Crippen LogP contribution in [0.4, 0.5) is 18.9 Å². The monoisotopic (exact) mass is 279 g/mol. The second-order valence-corrected chi connectivity index (χ2v) is 3.72. The Balaban J connectivity index is 3.02. The van der Waals surface area contributed by atoms with E-state index in [1.807, 2.05) is 0 Å². The first-order valence-electron chi connectivity index (χ1n) is 4.80. The van der Waals surface area contributed by atoms with Crippen molar-refractivity contribution in [3.05, 3.63) is 29.3 Å². The Kier molecular flexibility index (Phi) is 4.72. The van der Waals surface area contributed by atoms with Gasteiger partial charge in [-0.3, -0.25) is 4.79 Å². The van der Waals surface area contributed by atoms with E-state index in [2.05, 4.69) is 9.73 Å². The van der Waals surface area contributed by atoms with E-state index < -0.39 is 24.3 Å². The minimum absolute atomic E-state index is 0.0654. The van der Waals surface area contributed by atoms with Crippen LogP contribution < -0.4 is 0 Å². The number of methoxy groups -OCH3 is 1. The molecule has 0 spiro atoms. The third kappa shape index (κ3) is 4.37. The Bertz CT molecular complexity index is 454. The molecule has 7 heteroatoms. The van der Waals surface area contributed by atoms with Crippen LogP contribution in [0.2, 0.25) is 5.02 Å². The van der Waals surface area contributed by atoms with Crippen molar-refractivity contribution in [1.29, 1.82) is 0 Å². The maximum Gasteiger partial charge on any atom is 0.430 e. The fraction of sp³-hybridized carbons (Fsp3) is 0.273. The number of carbonyl (C=O) groups excluding carboxylic acids is 1. The van der Waals surface area contributed by atoms with Crippen molar-refractivity contribution in [3.63, 3.8) is 0 Å². The molecule has 0 fully saturated rings. The number of benzene rings is 1. The average Bonchev–Trinajstić information content (AvgIpc) is 2.29. The highest BCUT2D eigenvalue weighted by molar-refractivity contribution is 6.30. The molecular weight excluding hydrogens is 271 g/mol. The van der Waals surface area contributed by atoms with Gasteiger partial charge < -0.3 is 4.74 Å². The zero-order valence-corrected chi connectivity index (χ0v) is 10.0. The number of rotatable bonds is 3. The highest BCUT2D eigenvalue weighted by Gasteiger charge is 2.37. The smallest absolute Gasteiger partial charge is 0.430 e. The number of nitrogens with zero attached hydrogens (tertiary/aromatic N) is 1. The van der Waals surface area contributed by atoms with E-state index in [9.17, 15) is 18.0 Å². The molecule has 0 atom stereocenters. The number of halogens is 4. The van der Waals surface area contributed by atoms with Crippen LogP contribution in [-0.4, -0.2) is 25.0 Å². The molecule has 1 rings (SSSR count). The van der Waals surface area contributed by atoms with Gasteiger partial charge in [0.2, 0.25) is 0 Å². The Morgan fingerprint density at radius 1 is 1.33 bits per heavy atom. The fourth-order valence-electron chi connectivity index (χ4n) is 1.08. The van der Waals surface area contributed by atoms with Crippen molar-refractivity contribution >= 4 is 29.0 Å². The molecule has 98 valence electrons. The first kappa shape index (κ1) is 14.5. The summed E-state index contributed by atoms with van der Waals surface area (Å²) in [4.78, 5) is 14.3. The second kappa shape index (κ2) is 5.86. The summed E-state index contributed by atoms with van der Waals surface area (Å²) in [5.74, 6) is -1.000. The summed E-state index contributed by atoms with van der Waals surface area (Å²) in [5, 5.41) is 0.385. The van der Waals surface area contributed by atoms with E-state index in [4.69, 9.17) is 11.6 Å². The second-order valence-electron chi connectivity index (χ2n) is 3.29. The zero-order chi connectivity index (χ0) is 13.8. The molecule has 3 nitrogen and oxygen atoms in total. The molecule has 0 aliphatic rings. The minimum Gasteiger partial charge on any atom is -0.469 e. The number of esters is 1. The van der Waals surface area contributed by atoms with E-state index in [-0.39, 0.29) is 5.69 Å². The molecule has 0 unspecified atom stereocenters. The fourth-order valence-corrected chi connectivity index (χ4v) is 1.21. The van der Waals surface area contributed by atoms with Gasteiger partial charge >= 0.3 is 12.1 Å². The molecule has 18 heavy (non-hydrogen) atoms. The molecule has 1 aromatic carbocycles. The lowest BCUT2D eigenvalue weighted by atomic mass is 10.2. The molecule has 0 heterocycles. The summed E-state index contributed by atoms with van der Waals surface area (Å²) in [6.07, 6.45) is -5.61. The molecular formula is C11H9ClF3NO2. The van der Waals surface area contributed by atoms with Gasteiger partial charge in [-0.1, -0.05) is 11.6 Å². The Labute approximate surface area is 106 Å². The summed E-state index contributed by atoms with van der Waals surface area (Å²) >= 11 is 5.60.